The van der Waals surface area contributed by atoms with Gasteiger partial charge >= 0.3 is 0 Å². The Morgan fingerprint density at radius 2 is 1.96 bits per heavy atom. The van der Waals surface area contributed by atoms with Gasteiger partial charge in [0, 0.05) is 18.9 Å². The molecule has 0 aliphatic carbocycles. The van der Waals surface area contributed by atoms with Crippen LogP contribution in [-0.2, 0) is 11.2 Å². The van der Waals surface area contributed by atoms with Crippen LogP contribution in [0.2, 0.25) is 0 Å². The number of aryl methyl sites for hydroxylation is 1. The summed E-state index contributed by atoms with van der Waals surface area (Å²) in [5.41, 5.74) is 2.43. The summed E-state index contributed by atoms with van der Waals surface area (Å²) in [6.07, 6.45) is 2.48. The average molecular weight is 325 g/mol. The van der Waals surface area contributed by atoms with Gasteiger partial charge in [-0.15, -0.1) is 0 Å². The molecule has 0 spiro atoms. The van der Waals surface area contributed by atoms with E-state index in [4.69, 9.17) is 9.47 Å². The largest absolute Gasteiger partial charge is 0.493 e. The Kier molecular flexibility index (Phi) is 5.36. The van der Waals surface area contributed by atoms with Gasteiger partial charge < -0.3 is 14.8 Å². The maximum absolute atomic E-state index is 11.4. The molecule has 2 aromatic carbocycles. The van der Waals surface area contributed by atoms with Crippen molar-refractivity contribution in [2.45, 2.75) is 25.2 Å². The molecule has 4 heteroatoms. The fourth-order valence-corrected chi connectivity index (χ4v) is 3.00. The number of amides is 1. The predicted octanol–water partition coefficient (Wildman–Crippen LogP) is 3.31. The SMILES string of the molecule is COc1ccc(C2CNC(=O)C2)cc1OCCCc1ccccc1. The summed E-state index contributed by atoms with van der Waals surface area (Å²) in [6.45, 7) is 1.33. The number of rotatable bonds is 7. The number of hydrogen-bond acceptors (Lipinski definition) is 3. The summed E-state index contributed by atoms with van der Waals surface area (Å²) >= 11 is 0. The summed E-state index contributed by atoms with van der Waals surface area (Å²) in [5.74, 6) is 1.81. The lowest BCUT2D eigenvalue weighted by Gasteiger charge is -2.14. The summed E-state index contributed by atoms with van der Waals surface area (Å²) < 4.78 is 11.3. The molecule has 1 N–H and O–H groups in total. The molecule has 4 nitrogen and oxygen atoms in total. The Labute approximate surface area is 142 Å². The van der Waals surface area contributed by atoms with Crippen molar-refractivity contribution < 1.29 is 14.3 Å². The second-order valence-corrected chi connectivity index (χ2v) is 6.05. The molecule has 1 saturated heterocycles. The Bertz CT molecular complexity index is 685. The van der Waals surface area contributed by atoms with Crippen molar-refractivity contribution in [1.82, 2.24) is 5.32 Å². The van der Waals surface area contributed by atoms with E-state index in [-0.39, 0.29) is 11.8 Å². The molecule has 3 rings (SSSR count). The smallest absolute Gasteiger partial charge is 0.220 e. The molecule has 1 amide bonds. The van der Waals surface area contributed by atoms with Crippen LogP contribution in [0.4, 0.5) is 0 Å². The van der Waals surface area contributed by atoms with E-state index in [0.29, 0.717) is 19.6 Å². The quantitative estimate of drug-likeness (QED) is 0.795. The normalized spacial score (nSPS) is 16.7. The lowest BCUT2D eigenvalue weighted by molar-refractivity contribution is -0.119. The van der Waals surface area contributed by atoms with E-state index < -0.39 is 0 Å². The molecule has 1 aliphatic heterocycles. The minimum atomic E-state index is 0.112. The van der Waals surface area contributed by atoms with Crippen molar-refractivity contribution in [3.8, 4) is 11.5 Å². The minimum absolute atomic E-state index is 0.112. The van der Waals surface area contributed by atoms with Crippen LogP contribution in [0.15, 0.2) is 48.5 Å². The third-order valence-corrected chi connectivity index (χ3v) is 4.35. The lowest BCUT2D eigenvalue weighted by Crippen LogP contribution is -2.13. The van der Waals surface area contributed by atoms with E-state index in [9.17, 15) is 4.79 Å². The third kappa shape index (κ3) is 4.07. The molecular weight excluding hydrogens is 302 g/mol. The molecule has 1 atom stereocenters. The van der Waals surface area contributed by atoms with Crippen LogP contribution in [0.1, 0.15) is 29.9 Å². The van der Waals surface area contributed by atoms with Gasteiger partial charge in [0.25, 0.3) is 0 Å². The van der Waals surface area contributed by atoms with E-state index in [0.717, 1.165) is 29.9 Å². The van der Waals surface area contributed by atoms with Crippen LogP contribution in [-0.4, -0.2) is 26.2 Å². The number of hydrogen-bond donors (Lipinski definition) is 1. The number of carbonyl (C=O) groups excluding carboxylic acids is 1. The third-order valence-electron chi connectivity index (χ3n) is 4.35. The van der Waals surface area contributed by atoms with E-state index in [1.54, 1.807) is 7.11 Å². The standard InChI is InChI=1S/C20H23NO3/c1-23-18-10-9-16(17-13-20(22)21-14-17)12-19(18)24-11-5-8-15-6-3-2-4-7-15/h2-4,6-7,9-10,12,17H,5,8,11,13-14H2,1H3,(H,21,22). The Balaban J connectivity index is 1.59. The molecule has 126 valence electrons. The molecule has 1 fully saturated rings. The molecule has 0 bridgehead atoms. The van der Waals surface area contributed by atoms with Gasteiger partial charge in [-0.3, -0.25) is 4.79 Å². The number of nitrogens with one attached hydrogen (secondary N) is 1. The van der Waals surface area contributed by atoms with Gasteiger partial charge in [0.15, 0.2) is 11.5 Å². The van der Waals surface area contributed by atoms with E-state index in [1.165, 1.54) is 5.56 Å². The van der Waals surface area contributed by atoms with Crippen LogP contribution >= 0.6 is 0 Å². The Hall–Kier alpha value is -2.49. The summed E-state index contributed by atoms with van der Waals surface area (Å²) in [4.78, 5) is 11.4. The van der Waals surface area contributed by atoms with Gasteiger partial charge in [0.2, 0.25) is 5.91 Å². The highest BCUT2D eigenvalue weighted by atomic mass is 16.5. The van der Waals surface area contributed by atoms with Crippen molar-refractivity contribution in [2.75, 3.05) is 20.3 Å². The Morgan fingerprint density at radius 3 is 2.67 bits per heavy atom. The fraction of sp³-hybridized carbons (Fsp3) is 0.350. The van der Waals surface area contributed by atoms with Crippen molar-refractivity contribution >= 4 is 5.91 Å². The zero-order valence-corrected chi connectivity index (χ0v) is 14.0. The zero-order valence-electron chi connectivity index (χ0n) is 14.0. The topological polar surface area (TPSA) is 47.6 Å². The highest BCUT2D eigenvalue weighted by Gasteiger charge is 2.23. The Morgan fingerprint density at radius 1 is 1.12 bits per heavy atom. The van der Waals surface area contributed by atoms with Gasteiger partial charge in [0.1, 0.15) is 0 Å². The molecule has 1 unspecified atom stereocenters. The summed E-state index contributed by atoms with van der Waals surface area (Å²) in [7, 11) is 1.65. The fourth-order valence-electron chi connectivity index (χ4n) is 3.00. The molecule has 24 heavy (non-hydrogen) atoms. The molecule has 0 radical (unpaired) electrons. The second-order valence-electron chi connectivity index (χ2n) is 6.05. The molecule has 2 aromatic rings. The van der Waals surface area contributed by atoms with Gasteiger partial charge in [-0.1, -0.05) is 36.4 Å². The molecule has 0 aromatic heterocycles. The van der Waals surface area contributed by atoms with Crippen molar-refractivity contribution in [2.24, 2.45) is 0 Å². The number of benzene rings is 2. The summed E-state index contributed by atoms with van der Waals surface area (Å²) in [6, 6.07) is 16.3. The molecule has 1 aliphatic rings. The first kappa shape index (κ1) is 16.4. The first-order valence-electron chi connectivity index (χ1n) is 8.37. The van der Waals surface area contributed by atoms with Crippen LogP contribution < -0.4 is 14.8 Å². The first-order valence-corrected chi connectivity index (χ1v) is 8.37. The highest BCUT2D eigenvalue weighted by molar-refractivity contribution is 5.79. The van der Waals surface area contributed by atoms with Gasteiger partial charge in [-0.05, 0) is 36.1 Å². The van der Waals surface area contributed by atoms with Crippen LogP contribution in [0.5, 0.6) is 11.5 Å². The van der Waals surface area contributed by atoms with E-state index in [1.807, 2.05) is 24.3 Å². The number of carbonyl (C=O) groups is 1. The summed E-state index contributed by atoms with van der Waals surface area (Å²) in [5, 5.41) is 2.88. The number of methoxy groups -OCH3 is 1. The first-order chi connectivity index (χ1) is 11.8. The van der Waals surface area contributed by atoms with Crippen LogP contribution in [0.3, 0.4) is 0 Å². The molecular formula is C20H23NO3. The van der Waals surface area contributed by atoms with Gasteiger partial charge in [0.05, 0.1) is 13.7 Å². The monoisotopic (exact) mass is 325 g/mol. The van der Waals surface area contributed by atoms with Gasteiger partial charge in [-0.25, -0.2) is 0 Å². The molecule has 1 heterocycles. The second kappa shape index (κ2) is 7.86. The predicted molar refractivity (Wildman–Crippen MR) is 93.6 cm³/mol. The maximum atomic E-state index is 11.4. The number of ether oxygens (including phenoxy) is 2. The maximum Gasteiger partial charge on any atom is 0.220 e. The molecule has 0 saturated carbocycles. The van der Waals surface area contributed by atoms with Gasteiger partial charge in [-0.2, -0.15) is 0 Å². The minimum Gasteiger partial charge on any atom is -0.493 e. The van der Waals surface area contributed by atoms with Crippen LogP contribution in [0.25, 0.3) is 0 Å². The average Bonchev–Trinajstić information content (AvgIpc) is 3.06. The van der Waals surface area contributed by atoms with Crippen molar-refractivity contribution in [1.29, 1.82) is 0 Å². The van der Waals surface area contributed by atoms with Crippen molar-refractivity contribution in [3.05, 3.63) is 59.7 Å². The zero-order chi connectivity index (χ0) is 16.8. The van der Waals surface area contributed by atoms with Crippen LogP contribution in [0, 0.1) is 0 Å². The van der Waals surface area contributed by atoms with E-state index >= 15 is 0 Å². The lowest BCUT2D eigenvalue weighted by atomic mass is 9.98. The highest BCUT2D eigenvalue weighted by Crippen LogP contribution is 2.33. The van der Waals surface area contributed by atoms with E-state index in [2.05, 4.69) is 29.6 Å². The van der Waals surface area contributed by atoms with Crippen molar-refractivity contribution in [3.63, 3.8) is 0 Å².